The number of benzene rings is 1. The van der Waals surface area contributed by atoms with Crippen molar-refractivity contribution >= 4 is 12.0 Å². The second kappa shape index (κ2) is 5.58. The molecule has 2 rings (SSSR count). The number of carbonyl (C=O) groups excluding carboxylic acids is 1. The molecule has 1 aliphatic carbocycles. The van der Waals surface area contributed by atoms with Crippen molar-refractivity contribution in [3.05, 3.63) is 29.8 Å². The first-order chi connectivity index (χ1) is 8.72. The fourth-order valence-corrected chi connectivity index (χ4v) is 1.61. The molecule has 1 fully saturated rings. The van der Waals surface area contributed by atoms with Crippen LogP contribution >= 0.6 is 0 Å². The first-order valence-electron chi connectivity index (χ1n) is 5.93. The van der Waals surface area contributed by atoms with Gasteiger partial charge in [-0.25, -0.2) is 0 Å². The lowest BCUT2D eigenvalue weighted by Gasteiger charge is -2.07. The Hall–Kier alpha value is -1.97. The van der Waals surface area contributed by atoms with Gasteiger partial charge in [-0.2, -0.15) is 0 Å². The van der Waals surface area contributed by atoms with Crippen molar-refractivity contribution in [3.63, 3.8) is 0 Å². The molecule has 0 atom stereocenters. The molecule has 0 radical (unpaired) electrons. The zero-order valence-corrected chi connectivity index (χ0v) is 10.6. The lowest BCUT2D eigenvalue weighted by molar-refractivity contribution is -0.116. The molecule has 18 heavy (non-hydrogen) atoms. The van der Waals surface area contributed by atoms with E-state index in [1.807, 2.05) is 18.2 Å². The van der Waals surface area contributed by atoms with Crippen molar-refractivity contribution in [1.82, 2.24) is 5.32 Å². The molecule has 0 aliphatic heterocycles. The highest BCUT2D eigenvalue weighted by Gasteiger charge is 2.21. The molecular weight excluding hydrogens is 230 g/mol. The topological polar surface area (TPSA) is 47.6 Å². The van der Waals surface area contributed by atoms with E-state index < -0.39 is 0 Å². The molecular formula is C14H17NO3. The van der Waals surface area contributed by atoms with Gasteiger partial charge < -0.3 is 14.8 Å². The van der Waals surface area contributed by atoms with Crippen molar-refractivity contribution in [2.45, 2.75) is 18.9 Å². The van der Waals surface area contributed by atoms with Gasteiger partial charge in [0.25, 0.3) is 0 Å². The number of methoxy groups -OCH3 is 2. The monoisotopic (exact) mass is 247 g/mol. The van der Waals surface area contributed by atoms with Gasteiger partial charge in [-0.15, -0.1) is 0 Å². The van der Waals surface area contributed by atoms with Gasteiger partial charge in [-0.05, 0) is 36.6 Å². The second-order valence-electron chi connectivity index (χ2n) is 4.23. The summed E-state index contributed by atoms with van der Waals surface area (Å²) in [6, 6.07) is 5.91. The summed E-state index contributed by atoms with van der Waals surface area (Å²) in [6.07, 6.45) is 5.49. The van der Waals surface area contributed by atoms with E-state index in [4.69, 9.17) is 9.47 Å². The summed E-state index contributed by atoms with van der Waals surface area (Å²) < 4.78 is 10.3. The third-order valence-electron chi connectivity index (χ3n) is 2.76. The Kier molecular flexibility index (Phi) is 3.87. The summed E-state index contributed by atoms with van der Waals surface area (Å²) in [5.74, 6) is 1.28. The lowest BCUT2D eigenvalue weighted by atomic mass is 10.2. The van der Waals surface area contributed by atoms with Crippen molar-refractivity contribution in [2.75, 3.05) is 14.2 Å². The Bertz CT molecular complexity index is 464. The number of ether oxygens (including phenoxy) is 2. The molecule has 1 N–H and O–H groups in total. The molecule has 0 spiro atoms. The number of amides is 1. The van der Waals surface area contributed by atoms with Crippen LogP contribution < -0.4 is 14.8 Å². The lowest BCUT2D eigenvalue weighted by Crippen LogP contribution is -2.22. The van der Waals surface area contributed by atoms with E-state index in [1.165, 1.54) is 0 Å². The van der Waals surface area contributed by atoms with Crippen LogP contribution in [-0.4, -0.2) is 26.2 Å². The normalized spacial score (nSPS) is 14.6. The van der Waals surface area contributed by atoms with Crippen LogP contribution in [0.3, 0.4) is 0 Å². The van der Waals surface area contributed by atoms with Crippen molar-refractivity contribution in [1.29, 1.82) is 0 Å². The summed E-state index contributed by atoms with van der Waals surface area (Å²) in [7, 11) is 3.18. The molecule has 0 unspecified atom stereocenters. The molecule has 1 aromatic carbocycles. The van der Waals surface area contributed by atoms with E-state index in [9.17, 15) is 4.79 Å². The van der Waals surface area contributed by atoms with Crippen LogP contribution in [0, 0.1) is 0 Å². The van der Waals surface area contributed by atoms with Crippen LogP contribution in [0.1, 0.15) is 18.4 Å². The van der Waals surface area contributed by atoms with Crippen molar-refractivity contribution in [3.8, 4) is 11.5 Å². The minimum atomic E-state index is -0.0488. The van der Waals surface area contributed by atoms with Crippen LogP contribution in [0.2, 0.25) is 0 Å². The third-order valence-corrected chi connectivity index (χ3v) is 2.76. The predicted octanol–water partition coefficient (Wildman–Crippen LogP) is 2.00. The van der Waals surface area contributed by atoms with E-state index in [0.29, 0.717) is 17.5 Å². The Morgan fingerprint density at radius 1 is 1.28 bits per heavy atom. The maximum atomic E-state index is 11.5. The van der Waals surface area contributed by atoms with Gasteiger partial charge in [0, 0.05) is 12.1 Å². The first-order valence-corrected chi connectivity index (χ1v) is 5.93. The minimum Gasteiger partial charge on any atom is -0.493 e. The third kappa shape index (κ3) is 3.26. The van der Waals surface area contributed by atoms with E-state index >= 15 is 0 Å². The fraction of sp³-hybridized carbons (Fsp3) is 0.357. The zero-order chi connectivity index (χ0) is 13.0. The van der Waals surface area contributed by atoms with Crippen LogP contribution in [0.25, 0.3) is 6.08 Å². The van der Waals surface area contributed by atoms with Gasteiger partial charge >= 0.3 is 0 Å². The Labute approximate surface area is 107 Å². The standard InChI is InChI=1S/C14H17NO3/c1-17-12-7-3-10(9-13(12)18-2)4-8-14(16)15-11-5-6-11/h3-4,7-9,11H,5-6H2,1-2H3,(H,15,16)/b8-4+. The minimum absolute atomic E-state index is 0.0488. The largest absolute Gasteiger partial charge is 0.493 e. The van der Waals surface area contributed by atoms with Gasteiger partial charge in [0.05, 0.1) is 14.2 Å². The number of rotatable bonds is 5. The van der Waals surface area contributed by atoms with Gasteiger partial charge in [0.1, 0.15) is 0 Å². The number of nitrogens with one attached hydrogen (secondary N) is 1. The molecule has 1 amide bonds. The number of hydrogen-bond acceptors (Lipinski definition) is 3. The van der Waals surface area contributed by atoms with Gasteiger partial charge in [-0.3, -0.25) is 4.79 Å². The molecule has 4 nitrogen and oxygen atoms in total. The first kappa shape index (κ1) is 12.5. The maximum Gasteiger partial charge on any atom is 0.244 e. The summed E-state index contributed by atoms with van der Waals surface area (Å²) in [5.41, 5.74) is 0.901. The van der Waals surface area contributed by atoms with Crippen LogP contribution in [0.15, 0.2) is 24.3 Å². The van der Waals surface area contributed by atoms with Crippen molar-refractivity contribution in [2.24, 2.45) is 0 Å². The van der Waals surface area contributed by atoms with Crippen LogP contribution in [0.5, 0.6) is 11.5 Å². The molecule has 0 heterocycles. The van der Waals surface area contributed by atoms with Gasteiger partial charge in [0.2, 0.25) is 5.91 Å². The van der Waals surface area contributed by atoms with E-state index in [-0.39, 0.29) is 5.91 Å². The summed E-state index contributed by atoms with van der Waals surface area (Å²) in [6.45, 7) is 0. The fourth-order valence-electron chi connectivity index (χ4n) is 1.61. The molecule has 4 heteroatoms. The second-order valence-corrected chi connectivity index (χ2v) is 4.23. The number of carbonyl (C=O) groups is 1. The van der Waals surface area contributed by atoms with Crippen LogP contribution in [-0.2, 0) is 4.79 Å². The quantitative estimate of drug-likeness (QED) is 0.809. The molecule has 1 saturated carbocycles. The zero-order valence-electron chi connectivity index (χ0n) is 10.6. The maximum absolute atomic E-state index is 11.5. The predicted molar refractivity (Wildman–Crippen MR) is 69.7 cm³/mol. The van der Waals surface area contributed by atoms with E-state index in [0.717, 1.165) is 18.4 Å². The molecule has 0 bridgehead atoms. The smallest absolute Gasteiger partial charge is 0.244 e. The molecule has 1 aliphatic rings. The molecule has 0 saturated heterocycles. The highest BCUT2D eigenvalue weighted by molar-refractivity contribution is 5.92. The van der Waals surface area contributed by atoms with Crippen LogP contribution in [0.4, 0.5) is 0 Å². The Morgan fingerprint density at radius 3 is 2.61 bits per heavy atom. The average molecular weight is 247 g/mol. The summed E-state index contributed by atoms with van der Waals surface area (Å²) in [4.78, 5) is 11.5. The molecule has 96 valence electrons. The van der Waals surface area contributed by atoms with E-state index in [2.05, 4.69) is 5.32 Å². The summed E-state index contributed by atoms with van der Waals surface area (Å²) in [5, 5.41) is 2.89. The highest BCUT2D eigenvalue weighted by Crippen LogP contribution is 2.27. The average Bonchev–Trinajstić information content (AvgIpc) is 3.19. The van der Waals surface area contributed by atoms with E-state index in [1.54, 1.807) is 26.4 Å². The molecule has 1 aromatic rings. The van der Waals surface area contributed by atoms with Gasteiger partial charge in [-0.1, -0.05) is 6.07 Å². The highest BCUT2D eigenvalue weighted by atomic mass is 16.5. The van der Waals surface area contributed by atoms with Gasteiger partial charge in [0.15, 0.2) is 11.5 Å². The Balaban J connectivity index is 2.03. The SMILES string of the molecule is COc1ccc(/C=C/C(=O)NC2CC2)cc1OC. The van der Waals surface area contributed by atoms with Crippen molar-refractivity contribution < 1.29 is 14.3 Å². The summed E-state index contributed by atoms with van der Waals surface area (Å²) >= 11 is 0. The Morgan fingerprint density at radius 2 is 2.00 bits per heavy atom. The number of hydrogen-bond donors (Lipinski definition) is 1. The molecule has 0 aromatic heterocycles.